The van der Waals surface area contributed by atoms with E-state index in [1.54, 1.807) is 12.1 Å². The first-order chi connectivity index (χ1) is 19.9. The first kappa shape index (κ1) is 26.2. The third kappa shape index (κ3) is 4.06. The Labute approximate surface area is 244 Å². The molecule has 41 heavy (non-hydrogen) atoms. The number of phenolic OH excluding ortho intramolecular Hbond substituents is 1. The molecular weight excluding hydrogens is 560 g/mol. The highest BCUT2D eigenvalue weighted by Crippen LogP contribution is 2.58. The van der Waals surface area contributed by atoms with Crippen LogP contribution in [0.3, 0.4) is 0 Å². The van der Waals surface area contributed by atoms with Crippen LogP contribution in [0.5, 0.6) is 11.5 Å². The van der Waals surface area contributed by atoms with Gasteiger partial charge in [-0.3, -0.25) is 29.0 Å². The SMILES string of the molecule is COc1ccc([C@H]2C3=CC[C@@H]4C(=O)N(Cc5cccs5)C(=O)[C@@H]4[C@@H]3C[C@H]3C(=O)N(Cc4cccs4)C(=O)[C@@H]23)cc1O. The third-order valence-electron chi connectivity index (χ3n) is 9.18. The second-order valence-electron chi connectivity index (χ2n) is 11.1. The first-order valence-corrected chi connectivity index (χ1v) is 15.4. The van der Waals surface area contributed by atoms with Gasteiger partial charge in [-0.15, -0.1) is 22.7 Å². The molecule has 4 amide bonds. The minimum Gasteiger partial charge on any atom is -0.504 e. The van der Waals surface area contributed by atoms with E-state index in [1.807, 2.05) is 47.2 Å². The van der Waals surface area contributed by atoms with Crippen molar-refractivity contribution in [3.63, 3.8) is 0 Å². The summed E-state index contributed by atoms with van der Waals surface area (Å²) in [7, 11) is 1.47. The number of likely N-dealkylation sites (tertiary alicyclic amines) is 2. The maximum Gasteiger partial charge on any atom is 0.234 e. The minimum absolute atomic E-state index is 0.0561. The molecule has 7 rings (SSSR count). The molecule has 1 aromatic carbocycles. The van der Waals surface area contributed by atoms with Gasteiger partial charge in [0.05, 0.1) is 43.9 Å². The largest absolute Gasteiger partial charge is 0.504 e. The molecule has 3 fully saturated rings. The average molecular weight is 589 g/mol. The lowest BCUT2D eigenvalue weighted by Crippen LogP contribution is -2.43. The van der Waals surface area contributed by atoms with Gasteiger partial charge in [-0.1, -0.05) is 29.8 Å². The molecule has 4 heterocycles. The fourth-order valence-electron chi connectivity index (χ4n) is 7.42. The summed E-state index contributed by atoms with van der Waals surface area (Å²) in [4.78, 5) is 59.8. The van der Waals surface area contributed by atoms with Crippen molar-refractivity contribution in [3.05, 3.63) is 80.2 Å². The van der Waals surface area contributed by atoms with Gasteiger partial charge in [-0.25, -0.2) is 0 Å². The monoisotopic (exact) mass is 588 g/mol. The number of fused-ring (bicyclic) bond motifs is 4. The average Bonchev–Trinajstić information content (AvgIpc) is 3.77. The number of methoxy groups -OCH3 is 1. The van der Waals surface area contributed by atoms with E-state index in [9.17, 15) is 24.3 Å². The van der Waals surface area contributed by atoms with E-state index in [0.717, 1.165) is 15.3 Å². The first-order valence-electron chi connectivity index (χ1n) is 13.7. The number of carbonyl (C=O) groups excluding carboxylic acids is 4. The molecule has 0 unspecified atom stereocenters. The van der Waals surface area contributed by atoms with Crippen molar-refractivity contribution >= 4 is 46.3 Å². The van der Waals surface area contributed by atoms with E-state index in [-0.39, 0.29) is 48.4 Å². The zero-order chi connectivity index (χ0) is 28.4. The van der Waals surface area contributed by atoms with Crippen molar-refractivity contribution < 1.29 is 29.0 Å². The van der Waals surface area contributed by atoms with Crippen molar-refractivity contribution in [2.24, 2.45) is 29.6 Å². The molecule has 2 aliphatic carbocycles. The molecule has 10 heteroatoms. The Kier molecular flexibility index (Phi) is 6.35. The molecule has 2 saturated heterocycles. The fraction of sp³-hybridized carbons (Fsp3) is 0.355. The number of hydrogen-bond donors (Lipinski definition) is 1. The molecule has 0 spiro atoms. The van der Waals surface area contributed by atoms with Gasteiger partial charge in [0.1, 0.15) is 0 Å². The van der Waals surface area contributed by atoms with Crippen molar-refractivity contribution in [3.8, 4) is 11.5 Å². The number of imide groups is 2. The molecule has 8 nitrogen and oxygen atoms in total. The summed E-state index contributed by atoms with van der Waals surface area (Å²) in [6, 6.07) is 12.7. The van der Waals surface area contributed by atoms with Gasteiger partial charge in [0, 0.05) is 15.7 Å². The van der Waals surface area contributed by atoms with Crippen molar-refractivity contribution in [1.82, 2.24) is 9.80 Å². The van der Waals surface area contributed by atoms with Crippen LogP contribution in [0.25, 0.3) is 0 Å². The van der Waals surface area contributed by atoms with Gasteiger partial charge in [-0.05, 0) is 59.3 Å². The Morgan fingerprint density at radius 2 is 1.46 bits per heavy atom. The van der Waals surface area contributed by atoms with Crippen LogP contribution in [0.1, 0.15) is 34.1 Å². The Morgan fingerprint density at radius 1 is 0.829 bits per heavy atom. The number of hydrogen-bond acceptors (Lipinski definition) is 8. The van der Waals surface area contributed by atoms with Crippen LogP contribution >= 0.6 is 22.7 Å². The Balaban J connectivity index is 1.29. The second-order valence-corrected chi connectivity index (χ2v) is 13.2. The van der Waals surface area contributed by atoms with Gasteiger partial charge >= 0.3 is 0 Å². The molecule has 0 radical (unpaired) electrons. The maximum atomic E-state index is 14.0. The normalized spacial score (nSPS) is 29.0. The lowest BCUT2D eigenvalue weighted by atomic mass is 9.57. The number of rotatable bonds is 6. The van der Waals surface area contributed by atoms with E-state index in [4.69, 9.17) is 4.74 Å². The quantitative estimate of drug-likeness (QED) is 0.335. The highest BCUT2D eigenvalue weighted by atomic mass is 32.1. The molecule has 6 atom stereocenters. The Bertz CT molecular complexity index is 1580. The van der Waals surface area contributed by atoms with Gasteiger partial charge in [-0.2, -0.15) is 0 Å². The summed E-state index contributed by atoms with van der Waals surface area (Å²) in [6.45, 7) is 0.461. The summed E-state index contributed by atoms with van der Waals surface area (Å²) < 4.78 is 5.25. The predicted molar refractivity (Wildman–Crippen MR) is 152 cm³/mol. The number of nitrogens with zero attached hydrogens (tertiary/aromatic N) is 2. The second kappa shape index (κ2) is 9.95. The molecule has 2 aliphatic heterocycles. The predicted octanol–water partition coefficient (Wildman–Crippen LogP) is 4.56. The van der Waals surface area contributed by atoms with E-state index >= 15 is 0 Å². The molecule has 3 aromatic rings. The number of carbonyl (C=O) groups is 4. The smallest absolute Gasteiger partial charge is 0.234 e. The van der Waals surface area contributed by atoms with Gasteiger partial charge in [0.2, 0.25) is 23.6 Å². The molecule has 0 bridgehead atoms. The van der Waals surface area contributed by atoms with Gasteiger partial charge in [0.25, 0.3) is 0 Å². The van der Waals surface area contributed by atoms with Crippen molar-refractivity contribution in [2.45, 2.75) is 31.8 Å². The lowest BCUT2D eigenvalue weighted by molar-refractivity contribution is -0.142. The number of benzene rings is 1. The number of amides is 4. The zero-order valence-corrected chi connectivity index (χ0v) is 23.9. The molecule has 210 valence electrons. The number of ether oxygens (including phenoxy) is 1. The van der Waals surface area contributed by atoms with E-state index in [0.29, 0.717) is 24.2 Å². The highest BCUT2D eigenvalue weighted by molar-refractivity contribution is 7.10. The number of aromatic hydroxyl groups is 1. The summed E-state index contributed by atoms with van der Waals surface area (Å²) in [5.41, 5.74) is 1.61. The molecule has 2 aromatic heterocycles. The van der Waals surface area contributed by atoms with Crippen molar-refractivity contribution in [2.75, 3.05) is 7.11 Å². The van der Waals surface area contributed by atoms with Crippen LogP contribution in [-0.4, -0.2) is 45.6 Å². The number of phenols is 1. The fourth-order valence-corrected chi connectivity index (χ4v) is 8.81. The van der Waals surface area contributed by atoms with E-state index in [1.165, 1.54) is 39.6 Å². The summed E-state index contributed by atoms with van der Waals surface area (Å²) in [5, 5.41) is 14.5. The van der Waals surface area contributed by atoms with Crippen LogP contribution < -0.4 is 4.74 Å². The van der Waals surface area contributed by atoms with Crippen molar-refractivity contribution in [1.29, 1.82) is 0 Å². The van der Waals surface area contributed by atoms with E-state index < -0.39 is 29.6 Å². The minimum atomic E-state index is -0.649. The Morgan fingerprint density at radius 3 is 2.05 bits per heavy atom. The zero-order valence-electron chi connectivity index (χ0n) is 22.3. The molecular formula is C31H28N2O6S2. The Hall–Kier alpha value is -3.76. The van der Waals surface area contributed by atoms with Crippen LogP contribution in [0.15, 0.2) is 64.9 Å². The summed E-state index contributed by atoms with van der Waals surface area (Å²) >= 11 is 3.00. The lowest BCUT2D eigenvalue weighted by Gasteiger charge is -2.44. The maximum absolute atomic E-state index is 14.0. The highest BCUT2D eigenvalue weighted by Gasteiger charge is 2.61. The van der Waals surface area contributed by atoms with E-state index in [2.05, 4.69) is 0 Å². The third-order valence-corrected chi connectivity index (χ3v) is 10.9. The van der Waals surface area contributed by atoms with Crippen LogP contribution in [-0.2, 0) is 32.3 Å². The van der Waals surface area contributed by atoms with Crippen LogP contribution in [0.4, 0.5) is 0 Å². The summed E-state index contributed by atoms with van der Waals surface area (Å²) in [6.07, 6.45) is 2.76. The van der Waals surface area contributed by atoms with Gasteiger partial charge < -0.3 is 9.84 Å². The molecule has 1 N–H and O–H groups in total. The summed E-state index contributed by atoms with van der Waals surface area (Å²) in [5.74, 6) is -3.77. The topological polar surface area (TPSA) is 104 Å². The van der Waals surface area contributed by atoms with Gasteiger partial charge in [0.15, 0.2) is 11.5 Å². The molecule has 1 saturated carbocycles. The van der Waals surface area contributed by atoms with Crippen LogP contribution in [0.2, 0.25) is 0 Å². The molecule has 4 aliphatic rings. The number of thiophene rings is 2. The number of allylic oxidation sites excluding steroid dienone is 2. The standard InChI is InChI=1S/C31H28N2O6S2/c1-39-24-9-6-16(12-23(24)34)25-19-7-8-20-26(30(37)32(28(20)35)14-17-4-2-10-40-17)21(19)13-22-27(25)31(38)33(29(22)36)15-18-5-3-11-41-18/h2-7,9-12,20-22,25-27,34H,8,13-15H2,1H3/t20-,21+,22+,25-,26-,27+/m0/s1. The van der Waals surface area contributed by atoms with Crippen LogP contribution in [0, 0.1) is 29.6 Å².